The molecule has 1 aromatic rings. The molecule has 1 fully saturated rings. The van der Waals surface area contributed by atoms with Gasteiger partial charge < -0.3 is 9.64 Å². The van der Waals surface area contributed by atoms with E-state index in [4.69, 9.17) is 4.74 Å². The third-order valence-corrected chi connectivity index (χ3v) is 4.20. The molecule has 98 valence electrons. The average Bonchev–Trinajstić information content (AvgIpc) is 2.33. The second-order valence-electron chi connectivity index (χ2n) is 4.83. The zero-order chi connectivity index (χ0) is 13.1. The minimum absolute atomic E-state index is 0.0488. The van der Waals surface area contributed by atoms with Gasteiger partial charge in [0.15, 0.2) is 0 Å². The molecule has 1 aromatic carbocycles. The molecule has 1 aliphatic carbocycles. The zero-order valence-corrected chi connectivity index (χ0v) is 12.4. The summed E-state index contributed by atoms with van der Waals surface area (Å²) in [5.41, 5.74) is 0.663. The molecule has 1 amide bonds. The Balaban J connectivity index is 2.11. The molecule has 0 unspecified atom stereocenters. The Morgan fingerprint density at radius 2 is 2.22 bits per heavy atom. The predicted octanol–water partition coefficient (Wildman–Crippen LogP) is 3.33. The fraction of sp³-hybridized carbons (Fsp3) is 0.500. The molecule has 3 nitrogen and oxygen atoms in total. The Kier molecular flexibility index (Phi) is 4.27. The number of nitrogens with zero attached hydrogens (tertiary/aromatic N) is 1. The molecule has 1 aliphatic rings. The van der Waals surface area contributed by atoms with Gasteiger partial charge in [-0.25, -0.2) is 0 Å². The molecule has 4 heteroatoms. The molecule has 0 aliphatic heterocycles. The Bertz CT molecular complexity index is 443. The van der Waals surface area contributed by atoms with Crippen LogP contribution in [0.3, 0.4) is 0 Å². The van der Waals surface area contributed by atoms with Crippen LogP contribution in [-0.2, 0) is 0 Å². The van der Waals surface area contributed by atoms with E-state index in [0.717, 1.165) is 11.0 Å². The van der Waals surface area contributed by atoms with E-state index in [1.54, 1.807) is 13.2 Å². The third-order valence-electron chi connectivity index (χ3n) is 3.51. The smallest absolute Gasteiger partial charge is 0.254 e. The van der Waals surface area contributed by atoms with Gasteiger partial charge in [-0.3, -0.25) is 4.79 Å². The van der Waals surface area contributed by atoms with Crippen LogP contribution < -0.4 is 4.74 Å². The van der Waals surface area contributed by atoms with E-state index in [2.05, 4.69) is 15.9 Å². The lowest BCUT2D eigenvalue weighted by Gasteiger charge is -2.30. The molecule has 0 spiro atoms. The van der Waals surface area contributed by atoms with Crippen LogP contribution >= 0.6 is 15.9 Å². The molecule has 0 bridgehead atoms. The minimum Gasteiger partial charge on any atom is -0.497 e. The highest BCUT2D eigenvalue weighted by atomic mass is 79.9. The summed E-state index contributed by atoms with van der Waals surface area (Å²) in [5, 5.41) is 0. The van der Waals surface area contributed by atoms with Gasteiger partial charge in [-0.15, -0.1) is 0 Å². The van der Waals surface area contributed by atoms with Gasteiger partial charge in [-0.1, -0.05) is 6.42 Å². The number of benzene rings is 1. The molecule has 0 atom stereocenters. The van der Waals surface area contributed by atoms with Gasteiger partial charge >= 0.3 is 0 Å². The Labute approximate surface area is 116 Å². The molecular weight excluding hydrogens is 294 g/mol. The third kappa shape index (κ3) is 2.86. The van der Waals surface area contributed by atoms with Crippen LogP contribution in [0, 0.1) is 5.92 Å². The number of carbonyl (C=O) groups is 1. The van der Waals surface area contributed by atoms with E-state index in [0.29, 0.717) is 17.2 Å². The fourth-order valence-electron chi connectivity index (χ4n) is 2.15. The van der Waals surface area contributed by atoms with Gasteiger partial charge in [0.05, 0.1) is 12.7 Å². The van der Waals surface area contributed by atoms with E-state index < -0.39 is 0 Å². The minimum atomic E-state index is 0.0488. The molecule has 1 saturated carbocycles. The monoisotopic (exact) mass is 311 g/mol. The van der Waals surface area contributed by atoms with Crippen LogP contribution in [0.1, 0.15) is 29.6 Å². The van der Waals surface area contributed by atoms with Gasteiger partial charge in [-0.2, -0.15) is 0 Å². The number of methoxy groups -OCH3 is 1. The quantitative estimate of drug-likeness (QED) is 0.853. The van der Waals surface area contributed by atoms with Crippen molar-refractivity contribution in [3.8, 4) is 5.75 Å². The molecule has 18 heavy (non-hydrogen) atoms. The van der Waals surface area contributed by atoms with E-state index in [9.17, 15) is 4.79 Å². The maximum Gasteiger partial charge on any atom is 0.254 e. The molecule has 2 rings (SSSR count). The van der Waals surface area contributed by atoms with Crippen LogP contribution in [0.15, 0.2) is 22.7 Å². The van der Waals surface area contributed by atoms with Crippen LogP contribution in [0.25, 0.3) is 0 Å². The largest absolute Gasteiger partial charge is 0.497 e. The number of carbonyl (C=O) groups excluding carboxylic acids is 1. The summed E-state index contributed by atoms with van der Waals surface area (Å²) < 4.78 is 5.98. The van der Waals surface area contributed by atoms with Crippen molar-refractivity contribution in [2.24, 2.45) is 5.92 Å². The van der Waals surface area contributed by atoms with Gasteiger partial charge in [-0.05, 0) is 52.9 Å². The molecular formula is C14H18BrNO2. The highest BCUT2D eigenvalue weighted by Crippen LogP contribution is 2.28. The van der Waals surface area contributed by atoms with Crippen molar-refractivity contribution in [3.05, 3.63) is 28.2 Å². The number of ether oxygens (including phenoxy) is 1. The average molecular weight is 312 g/mol. The van der Waals surface area contributed by atoms with Crippen LogP contribution in [0.4, 0.5) is 0 Å². The first-order chi connectivity index (χ1) is 8.61. The summed E-state index contributed by atoms with van der Waals surface area (Å²) in [6.45, 7) is 0.850. The number of hydrogen-bond acceptors (Lipinski definition) is 2. The van der Waals surface area contributed by atoms with Gasteiger partial charge in [0.25, 0.3) is 5.91 Å². The van der Waals surface area contributed by atoms with Crippen LogP contribution in [0.2, 0.25) is 0 Å². The summed E-state index contributed by atoms with van der Waals surface area (Å²) in [6.07, 6.45) is 3.79. The zero-order valence-electron chi connectivity index (χ0n) is 10.8. The Hall–Kier alpha value is -1.03. The lowest BCUT2D eigenvalue weighted by molar-refractivity contribution is 0.0744. The fourth-order valence-corrected chi connectivity index (χ4v) is 2.56. The second-order valence-corrected chi connectivity index (χ2v) is 5.68. The molecule has 0 saturated heterocycles. The SMILES string of the molecule is COc1ccc(Br)c(C(=O)N(C)CC2CCC2)c1. The van der Waals surface area contributed by atoms with Crippen molar-refractivity contribution in [1.29, 1.82) is 0 Å². The normalized spacial score (nSPS) is 15.1. The first kappa shape index (κ1) is 13.4. The Morgan fingerprint density at radius 1 is 1.50 bits per heavy atom. The second kappa shape index (κ2) is 5.74. The topological polar surface area (TPSA) is 29.5 Å². The van der Waals surface area contributed by atoms with E-state index in [1.165, 1.54) is 19.3 Å². The van der Waals surface area contributed by atoms with Crippen molar-refractivity contribution in [2.45, 2.75) is 19.3 Å². The highest BCUT2D eigenvalue weighted by Gasteiger charge is 2.23. The van der Waals surface area contributed by atoms with Gasteiger partial charge in [0.1, 0.15) is 5.75 Å². The molecule has 0 aromatic heterocycles. The first-order valence-electron chi connectivity index (χ1n) is 6.21. The van der Waals surface area contributed by atoms with Crippen molar-refractivity contribution < 1.29 is 9.53 Å². The van der Waals surface area contributed by atoms with Gasteiger partial charge in [0, 0.05) is 18.1 Å². The number of halogens is 1. The van der Waals surface area contributed by atoms with E-state index in [1.807, 2.05) is 24.1 Å². The number of rotatable bonds is 4. The molecule has 0 heterocycles. The first-order valence-corrected chi connectivity index (χ1v) is 7.00. The van der Waals surface area contributed by atoms with Crippen LogP contribution in [-0.4, -0.2) is 31.5 Å². The molecule has 0 N–H and O–H groups in total. The number of amides is 1. The Morgan fingerprint density at radius 3 is 2.78 bits per heavy atom. The van der Waals surface area contributed by atoms with Crippen molar-refractivity contribution in [1.82, 2.24) is 4.90 Å². The standard InChI is InChI=1S/C14H18BrNO2/c1-16(9-10-4-3-5-10)14(17)12-8-11(18-2)6-7-13(12)15/h6-8,10H,3-5,9H2,1-2H3. The maximum absolute atomic E-state index is 12.3. The van der Waals surface area contributed by atoms with E-state index in [-0.39, 0.29) is 5.91 Å². The predicted molar refractivity (Wildman–Crippen MR) is 75.0 cm³/mol. The van der Waals surface area contributed by atoms with E-state index >= 15 is 0 Å². The van der Waals surface area contributed by atoms with Crippen molar-refractivity contribution in [3.63, 3.8) is 0 Å². The summed E-state index contributed by atoms with van der Waals surface area (Å²) in [4.78, 5) is 14.2. The lowest BCUT2D eigenvalue weighted by Crippen LogP contribution is -2.34. The highest BCUT2D eigenvalue weighted by molar-refractivity contribution is 9.10. The van der Waals surface area contributed by atoms with Crippen molar-refractivity contribution >= 4 is 21.8 Å². The van der Waals surface area contributed by atoms with Crippen LogP contribution in [0.5, 0.6) is 5.75 Å². The summed E-state index contributed by atoms with van der Waals surface area (Å²) in [7, 11) is 3.47. The summed E-state index contributed by atoms with van der Waals surface area (Å²) >= 11 is 3.42. The lowest BCUT2D eigenvalue weighted by atomic mass is 9.85. The summed E-state index contributed by atoms with van der Waals surface area (Å²) in [6, 6.07) is 5.47. The summed E-state index contributed by atoms with van der Waals surface area (Å²) in [5.74, 6) is 1.44. The van der Waals surface area contributed by atoms with Gasteiger partial charge in [0.2, 0.25) is 0 Å². The maximum atomic E-state index is 12.3. The van der Waals surface area contributed by atoms with Crippen molar-refractivity contribution in [2.75, 3.05) is 20.7 Å². The number of hydrogen-bond donors (Lipinski definition) is 0. The molecule has 0 radical (unpaired) electrons.